The number of benzene rings is 2. The second kappa shape index (κ2) is 7.76. The average Bonchev–Trinajstić information content (AvgIpc) is 2.60. The molecule has 1 heterocycles. The second-order valence-corrected chi connectivity index (χ2v) is 6.88. The largest absolute Gasteiger partial charge is 0.417 e. The molecule has 25 heavy (non-hydrogen) atoms. The lowest BCUT2D eigenvalue weighted by Crippen LogP contribution is -2.41. The summed E-state index contributed by atoms with van der Waals surface area (Å²) < 4.78 is 59.3. The minimum Gasteiger partial charge on any atom is -0.374 e. The maximum absolute atomic E-state index is 13.7. The average molecular weight is 371 g/mol. The van der Waals surface area contributed by atoms with E-state index in [0.717, 1.165) is 17.8 Å². The van der Waals surface area contributed by atoms with Crippen LogP contribution in [0.2, 0.25) is 0 Å². The zero-order valence-electron chi connectivity index (χ0n) is 13.2. The number of ether oxygens (including phenoxy) is 1. The van der Waals surface area contributed by atoms with E-state index in [4.69, 9.17) is 4.74 Å². The van der Waals surface area contributed by atoms with Crippen LogP contribution in [0.3, 0.4) is 0 Å². The summed E-state index contributed by atoms with van der Waals surface area (Å²) in [6.07, 6.45) is -4.79. The lowest BCUT2D eigenvalue weighted by Gasteiger charge is -2.31. The van der Waals surface area contributed by atoms with E-state index in [-0.39, 0.29) is 11.0 Å². The fraction of sp³-hybridized carbons (Fsp3) is 0.333. The molecule has 0 aromatic heterocycles. The summed E-state index contributed by atoms with van der Waals surface area (Å²) in [5, 5.41) is 2.72. The molecule has 0 saturated carbocycles. The fourth-order valence-corrected chi connectivity index (χ4v) is 4.11. The van der Waals surface area contributed by atoms with Gasteiger partial charge in [0.15, 0.2) is 0 Å². The van der Waals surface area contributed by atoms with Crippen molar-refractivity contribution in [3.8, 4) is 0 Å². The quantitative estimate of drug-likeness (QED) is 0.624. The van der Waals surface area contributed by atoms with Crippen molar-refractivity contribution in [3.05, 3.63) is 65.5 Å². The molecule has 0 spiro atoms. The summed E-state index contributed by atoms with van der Waals surface area (Å²) in [7, 11) is 0. The van der Waals surface area contributed by atoms with Crippen molar-refractivity contribution in [1.29, 1.82) is 0 Å². The van der Waals surface area contributed by atoms with Gasteiger partial charge >= 0.3 is 6.18 Å². The normalized spacial score (nSPS) is 19.6. The number of nitrogens with one attached hydrogen (secondary N) is 1. The third-order valence-corrected chi connectivity index (χ3v) is 5.36. The number of hydrogen-bond acceptors (Lipinski definition) is 3. The Kier molecular flexibility index (Phi) is 5.66. The Bertz CT molecular complexity index is 716. The first kappa shape index (κ1) is 18.2. The molecule has 1 aliphatic heterocycles. The molecule has 1 N–H and O–H groups in total. The lowest BCUT2D eigenvalue weighted by molar-refractivity contribution is -0.139. The van der Waals surface area contributed by atoms with Crippen LogP contribution in [0.15, 0.2) is 53.4 Å². The molecule has 0 bridgehead atoms. The topological polar surface area (TPSA) is 21.3 Å². The highest BCUT2D eigenvalue weighted by molar-refractivity contribution is 7.99. The first-order valence-electron chi connectivity index (χ1n) is 7.86. The molecule has 1 saturated heterocycles. The van der Waals surface area contributed by atoms with Crippen molar-refractivity contribution in [2.75, 3.05) is 19.7 Å². The molecular formula is C18H17F4NOS. The van der Waals surface area contributed by atoms with Crippen molar-refractivity contribution < 1.29 is 22.3 Å². The minimum absolute atomic E-state index is 0.110. The second-order valence-electron chi connectivity index (χ2n) is 5.70. The van der Waals surface area contributed by atoms with Crippen molar-refractivity contribution in [2.45, 2.75) is 22.4 Å². The van der Waals surface area contributed by atoms with Crippen molar-refractivity contribution in [3.63, 3.8) is 0 Å². The number of alkyl halides is 3. The van der Waals surface area contributed by atoms with Gasteiger partial charge in [-0.3, -0.25) is 0 Å². The van der Waals surface area contributed by atoms with Gasteiger partial charge in [-0.15, -0.1) is 11.8 Å². The molecule has 1 aliphatic rings. The van der Waals surface area contributed by atoms with Crippen molar-refractivity contribution >= 4 is 11.8 Å². The van der Waals surface area contributed by atoms with E-state index >= 15 is 0 Å². The third-order valence-electron chi connectivity index (χ3n) is 3.92. The Morgan fingerprint density at radius 3 is 2.60 bits per heavy atom. The summed E-state index contributed by atoms with van der Waals surface area (Å²) in [6.45, 7) is 1.66. The number of thioether (sulfide) groups is 1. The van der Waals surface area contributed by atoms with E-state index in [0.29, 0.717) is 25.3 Å². The zero-order chi connectivity index (χ0) is 17.9. The molecule has 134 valence electrons. The van der Waals surface area contributed by atoms with Gasteiger partial charge in [-0.2, -0.15) is 13.2 Å². The molecule has 7 heteroatoms. The highest BCUT2D eigenvalue weighted by Crippen LogP contribution is 2.44. The zero-order valence-corrected chi connectivity index (χ0v) is 14.0. The lowest BCUT2D eigenvalue weighted by atomic mass is 10.1. The highest BCUT2D eigenvalue weighted by atomic mass is 32.2. The molecule has 1 fully saturated rings. The summed E-state index contributed by atoms with van der Waals surface area (Å²) in [5.41, 5.74) is -0.0825. The Morgan fingerprint density at radius 2 is 1.92 bits per heavy atom. The molecule has 2 aromatic rings. The summed E-state index contributed by atoms with van der Waals surface area (Å²) in [5.74, 6) is -0.420. The Morgan fingerprint density at radius 1 is 1.12 bits per heavy atom. The van der Waals surface area contributed by atoms with Crippen LogP contribution in [-0.4, -0.2) is 25.8 Å². The molecule has 0 radical (unpaired) electrons. The Hall–Kier alpha value is -1.57. The SMILES string of the molecule is Fc1cccc(C(Sc2ccccc2C(F)(F)F)[C@@H]2CNCCO2)c1. The highest BCUT2D eigenvalue weighted by Gasteiger charge is 2.35. The standard InChI is InChI=1S/C18H17F4NOS/c19-13-5-3-4-12(10-13)17(15-11-23-8-9-24-15)25-16-7-2-1-6-14(16)18(20,21)22/h1-7,10,15,17,23H,8-9,11H2/t15-,17?/m0/s1. The van der Waals surface area contributed by atoms with Crippen LogP contribution in [0.4, 0.5) is 17.6 Å². The van der Waals surface area contributed by atoms with Gasteiger partial charge in [0.05, 0.1) is 23.5 Å². The predicted molar refractivity (Wildman–Crippen MR) is 89.1 cm³/mol. The van der Waals surface area contributed by atoms with Gasteiger partial charge in [0, 0.05) is 18.0 Å². The smallest absolute Gasteiger partial charge is 0.374 e. The molecule has 2 nitrogen and oxygen atoms in total. The molecule has 0 amide bonds. The molecule has 2 atom stereocenters. The third kappa shape index (κ3) is 4.54. The van der Waals surface area contributed by atoms with Crippen molar-refractivity contribution in [1.82, 2.24) is 5.32 Å². The summed E-state index contributed by atoms with van der Waals surface area (Å²) in [6, 6.07) is 11.4. The number of halogens is 4. The minimum atomic E-state index is -4.44. The van der Waals surface area contributed by atoms with Gasteiger partial charge in [-0.25, -0.2) is 4.39 Å². The van der Waals surface area contributed by atoms with Gasteiger partial charge in [0.25, 0.3) is 0 Å². The van der Waals surface area contributed by atoms with Crippen LogP contribution in [-0.2, 0) is 10.9 Å². The van der Waals surface area contributed by atoms with E-state index in [9.17, 15) is 17.6 Å². The van der Waals surface area contributed by atoms with E-state index < -0.39 is 22.8 Å². The number of rotatable bonds is 4. The molecule has 2 aromatic carbocycles. The fourth-order valence-electron chi connectivity index (χ4n) is 2.76. The number of hydrogen-bond donors (Lipinski definition) is 1. The van der Waals surface area contributed by atoms with Gasteiger partial charge < -0.3 is 10.1 Å². The maximum Gasteiger partial charge on any atom is 0.417 e. The first-order chi connectivity index (χ1) is 11.9. The predicted octanol–water partition coefficient (Wildman–Crippen LogP) is 4.67. The summed E-state index contributed by atoms with van der Waals surface area (Å²) in [4.78, 5) is 0.110. The van der Waals surface area contributed by atoms with Crippen molar-refractivity contribution in [2.24, 2.45) is 0 Å². The van der Waals surface area contributed by atoms with Gasteiger partial charge in [0.1, 0.15) is 5.82 Å². The van der Waals surface area contributed by atoms with Crippen LogP contribution in [0.1, 0.15) is 16.4 Å². The van der Waals surface area contributed by atoms with E-state index in [1.54, 1.807) is 18.2 Å². The van der Waals surface area contributed by atoms with E-state index in [2.05, 4.69) is 5.32 Å². The summed E-state index contributed by atoms with van der Waals surface area (Å²) >= 11 is 1.06. The maximum atomic E-state index is 13.7. The van der Waals surface area contributed by atoms with Gasteiger partial charge in [-0.05, 0) is 29.8 Å². The molecular weight excluding hydrogens is 354 g/mol. The molecule has 1 unspecified atom stereocenters. The van der Waals surface area contributed by atoms with Crippen LogP contribution in [0.5, 0.6) is 0 Å². The van der Waals surface area contributed by atoms with Crippen LogP contribution in [0, 0.1) is 5.82 Å². The Labute approximate surface area is 147 Å². The van der Waals surface area contributed by atoms with Gasteiger partial charge in [-0.1, -0.05) is 24.3 Å². The Balaban J connectivity index is 1.96. The first-order valence-corrected chi connectivity index (χ1v) is 8.74. The van der Waals surface area contributed by atoms with Crippen LogP contribution >= 0.6 is 11.8 Å². The van der Waals surface area contributed by atoms with E-state index in [1.807, 2.05) is 0 Å². The molecule has 3 rings (SSSR count). The van der Waals surface area contributed by atoms with Gasteiger partial charge in [0.2, 0.25) is 0 Å². The molecule has 0 aliphatic carbocycles. The number of morpholine rings is 1. The van der Waals surface area contributed by atoms with Crippen LogP contribution < -0.4 is 5.32 Å². The van der Waals surface area contributed by atoms with E-state index in [1.165, 1.54) is 24.3 Å². The monoisotopic (exact) mass is 371 g/mol. The van der Waals surface area contributed by atoms with Crippen LogP contribution in [0.25, 0.3) is 0 Å².